The summed E-state index contributed by atoms with van der Waals surface area (Å²) in [7, 11) is -3.63. The number of amides is 3. The molecule has 1 aliphatic rings. The van der Waals surface area contributed by atoms with Gasteiger partial charge in [0, 0.05) is 13.0 Å². The van der Waals surface area contributed by atoms with Gasteiger partial charge in [0.05, 0.1) is 38.0 Å². The van der Waals surface area contributed by atoms with Gasteiger partial charge in [-0.1, -0.05) is 35.1 Å². The maximum absolute atomic E-state index is 13.3. The van der Waals surface area contributed by atoms with Gasteiger partial charge in [-0.2, -0.15) is 0 Å². The number of hydrogen-bond donors (Lipinski definition) is 2. The van der Waals surface area contributed by atoms with Crippen LogP contribution in [0.15, 0.2) is 47.4 Å². The monoisotopic (exact) mass is 542 g/mol. The highest BCUT2D eigenvalue weighted by atomic mass is 35.5. The molecule has 35 heavy (non-hydrogen) atoms. The molecule has 1 aromatic heterocycles. The van der Waals surface area contributed by atoms with Crippen molar-refractivity contribution >= 4 is 60.1 Å². The van der Waals surface area contributed by atoms with Crippen LogP contribution in [-0.2, 0) is 9.84 Å². The van der Waals surface area contributed by atoms with E-state index in [-0.39, 0.29) is 58.8 Å². The molecule has 2 N–H and O–H groups in total. The molecule has 13 heteroatoms. The number of aromatic nitrogens is 1. The van der Waals surface area contributed by atoms with Gasteiger partial charge >= 0.3 is 6.03 Å². The number of anilines is 1. The van der Waals surface area contributed by atoms with Crippen molar-refractivity contribution in [2.75, 3.05) is 30.7 Å². The van der Waals surface area contributed by atoms with Gasteiger partial charge in [-0.05, 0) is 43.3 Å². The molecule has 1 saturated heterocycles. The molecule has 1 aliphatic heterocycles. The fourth-order valence-corrected chi connectivity index (χ4v) is 6.20. The molecule has 0 spiro atoms. The minimum atomic E-state index is -3.63. The number of benzene rings is 2. The Hall–Kier alpha value is -2.67. The Bertz CT molecular complexity index is 1380. The lowest BCUT2D eigenvalue weighted by Crippen LogP contribution is -2.34. The van der Waals surface area contributed by atoms with Crippen molar-refractivity contribution in [1.29, 1.82) is 0 Å². The number of thiazole rings is 1. The van der Waals surface area contributed by atoms with Crippen LogP contribution in [0.25, 0.3) is 10.2 Å². The Kier molecular flexibility index (Phi) is 7.36. The van der Waals surface area contributed by atoms with E-state index in [0.717, 1.165) is 11.3 Å². The van der Waals surface area contributed by atoms with Gasteiger partial charge in [-0.3, -0.25) is 20.3 Å². The standard InChI is InChI=1S/C22H21ClF2N4O4S2/c23-16-5-2-1-4-15(16)19(30)27-20(31)28-21-26-17-7-6-14(12-18(17)34-21)35(32,33)11-3-9-29-10-8-22(24,25)13-29/h1-2,4-7,12H,3,8-11,13H2,(H2,26,27,28,30,31). The summed E-state index contributed by atoms with van der Waals surface area (Å²) in [5, 5.41) is 5.00. The zero-order valence-corrected chi connectivity index (χ0v) is 20.7. The number of urea groups is 1. The van der Waals surface area contributed by atoms with Crippen LogP contribution >= 0.6 is 22.9 Å². The normalized spacial score (nSPS) is 15.9. The first-order valence-corrected chi connectivity index (χ1v) is 13.5. The van der Waals surface area contributed by atoms with E-state index in [0.29, 0.717) is 10.2 Å². The van der Waals surface area contributed by atoms with E-state index in [2.05, 4.69) is 15.6 Å². The minimum absolute atomic E-state index is 0.0882. The summed E-state index contributed by atoms with van der Waals surface area (Å²) in [6, 6.07) is 9.87. The van der Waals surface area contributed by atoms with Gasteiger partial charge in [0.15, 0.2) is 15.0 Å². The number of sulfone groups is 1. The molecular weight excluding hydrogens is 522 g/mol. The van der Waals surface area contributed by atoms with Crippen LogP contribution < -0.4 is 10.6 Å². The third-order valence-corrected chi connectivity index (χ3v) is 8.48. The highest BCUT2D eigenvalue weighted by Gasteiger charge is 2.37. The Morgan fingerprint density at radius 1 is 1.20 bits per heavy atom. The second kappa shape index (κ2) is 10.1. The average Bonchev–Trinajstić information content (AvgIpc) is 3.34. The summed E-state index contributed by atoms with van der Waals surface area (Å²) in [5.74, 6) is -3.56. The zero-order chi connectivity index (χ0) is 25.2. The van der Waals surface area contributed by atoms with E-state index >= 15 is 0 Å². The number of carbonyl (C=O) groups excluding carboxylic acids is 2. The number of alkyl halides is 2. The summed E-state index contributed by atoms with van der Waals surface area (Å²) in [4.78, 5) is 30.3. The summed E-state index contributed by atoms with van der Waals surface area (Å²) < 4.78 is 52.6. The number of hydrogen-bond acceptors (Lipinski definition) is 7. The average molecular weight is 543 g/mol. The molecule has 186 valence electrons. The van der Waals surface area contributed by atoms with Gasteiger partial charge in [0.2, 0.25) is 0 Å². The predicted molar refractivity (Wildman–Crippen MR) is 130 cm³/mol. The Morgan fingerprint density at radius 2 is 1.97 bits per heavy atom. The molecule has 2 heterocycles. The highest BCUT2D eigenvalue weighted by molar-refractivity contribution is 7.91. The fraction of sp³-hybridized carbons (Fsp3) is 0.318. The molecule has 0 bridgehead atoms. The molecule has 1 fully saturated rings. The Labute approximate surface area is 209 Å². The largest absolute Gasteiger partial charge is 0.327 e. The van der Waals surface area contributed by atoms with E-state index in [1.165, 1.54) is 30.3 Å². The van der Waals surface area contributed by atoms with Gasteiger partial charge in [-0.15, -0.1) is 0 Å². The summed E-state index contributed by atoms with van der Waals surface area (Å²) in [6.07, 6.45) is 0.0376. The van der Waals surface area contributed by atoms with Crippen LogP contribution in [0.4, 0.5) is 18.7 Å². The first-order chi connectivity index (χ1) is 16.5. The number of fused-ring (bicyclic) bond motifs is 1. The number of nitrogens with one attached hydrogen (secondary N) is 2. The fourth-order valence-electron chi connectivity index (χ4n) is 3.69. The maximum atomic E-state index is 13.3. The first-order valence-electron chi connectivity index (χ1n) is 10.6. The number of nitrogens with zero attached hydrogens (tertiary/aromatic N) is 2. The van der Waals surface area contributed by atoms with Crippen LogP contribution in [0.5, 0.6) is 0 Å². The zero-order valence-electron chi connectivity index (χ0n) is 18.3. The SMILES string of the molecule is O=C(NC(=O)c1ccccc1Cl)Nc1nc2ccc(S(=O)(=O)CCCN3CCC(F)(F)C3)cc2s1. The van der Waals surface area contributed by atoms with E-state index in [9.17, 15) is 26.8 Å². The van der Waals surface area contributed by atoms with Crippen LogP contribution in [0.1, 0.15) is 23.2 Å². The molecule has 8 nitrogen and oxygen atoms in total. The molecule has 0 saturated carbocycles. The quantitative estimate of drug-likeness (QED) is 0.457. The maximum Gasteiger partial charge on any atom is 0.327 e. The second-order valence-corrected chi connectivity index (χ2v) is 11.6. The van der Waals surface area contributed by atoms with E-state index in [1.807, 2.05) is 0 Å². The van der Waals surface area contributed by atoms with Gasteiger partial charge in [0.1, 0.15) is 0 Å². The topological polar surface area (TPSA) is 108 Å². The van der Waals surface area contributed by atoms with Crippen molar-refractivity contribution in [1.82, 2.24) is 15.2 Å². The summed E-state index contributed by atoms with van der Waals surface area (Å²) >= 11 is 7.01. The van der Waals surface area contributed by atoms with Crippen LogP contribution in [0, 0.1) is 0 Å². The van der Waals surface area contributed by atoms with Crippen LogP contribution in [0.3, 0.4) is 0 Å². The molecule has 2 aromatic carbocycles. The lowest BCUT2D eigenvalue weighted by atomic mass is 10.2. The third kappa shape index (κ3) is 6.31. The van der Waals surface area contributed by atoms with Crippen molar-refractivity contribution in [3.05, 3.63) is 53.1 Å². The number of halogens is 3. The Balaban J connectivity index is 1.37. The molecule has 3 aromatic rings. The molecule has 3 amide bonds. The second-order valence-electron chi connectivity index (χ2n) is 8.09. The lowest BCUT2D eigenvalue weighted by Gasteiger charge is -2.15. The van der Waals surface area contributed by atoms with Crippen molar-refractivity contribution in [2.45, 2.75) is 23.7 Å². The van der Waals surface area contributed by atoms with E-state index < -0.39 is 27.7 Å². The van der Waals surface area contributed by atoms with E-state index in [1.54, 1.807) is 17.0 Å². The number of likely N-dealkylation sites (tertiary alicyclic amines) is 1. The van der Waals surface area contributed by atoms with E-state index in [4.69, 9.17) is 11.6 Å². The number of carbonyl (C=O) groups is 2. The number of rotatable bonds is 7. The van der Waals surface area contributed by atoms with Crippen molar-refractivity contribution in [2.24, 2.45) is 0 Å². The third-order valence-electron chi connectivity index (χ3n) is 5.42. The smallest absolute Gasteiger partial charge is 0.297 e. The molecular formula is C22H21ClF2N4O4S2. The van der Waals surface area contributed by atoms with Crippen molar-refractivity contribution in [3.63, 3.8) is 0 Å². The van der Waals surface area contributed by atoms with Crippen LogP contribution in [0.2, 0.25) is 5.02 Å². The molecule has 0 unspecified atom stereocenters. The van der Waals surface area contributed by atoms with Gasteiger partial charge < -0.3 is 0 Å². The Morgan fingerprint density at radius 3 is 2.69 bits per heavy atom. The molecule has 0 atom stereocenters. The predicted octanol–water partition coefficient (Wildman–Crippen LogP) is 4.42. The first kappa shape index (κ1) is 25.4. The van der Waals surface area contributed by atoms with Crippen molar-refractivity contribution < 1.29 is 26.8 Å². The molecule has 0 radical (unpaired) electrons. The van der Waals surface area contributed by atoms with Crippen LogP contribution in [-0.4, -0.2) is 61.5 Å². The minimum Gasteiger partial charge on any atom is -0.297 e. The molecule has 4 rings (SSSR count). The lowest BCUT2D eigenvalue weighted by molar-refractivity contribution is 0.0123. The summed E-state index contributed by atoms with van der Waals surface area (Å²) in [5.41, 5.74) is 0.614. The summed E-state index contributed by atoms with van der Waals surface area (Å²) in [6.45, 7) is 0.203. The number of imide groups is 1. The van der Waals surface area contributed by atoms with Gasteiger partial charge in [-0.25, -0.2) is 27.0 Å². The van der Waals surface area contributed by atoms with Gasteiger partial charge in [0.25, 0.3) is 11.8 Å². The van der Waals surface area contributed by atoms with Crippen molar-refractivity contribution in [3.8, 4) is 0 Å². The highest BCUT2D eigenvalue weighted by Crippen LogP contribution is 2.29. The molecule has 0 aliphatic carbocycles.